The molecule has 0 saturated carbocycles. The Morgan fingerprint density at radius 2 is 2.00 bits per heavy atom. The molecule has 2 rings (SSSR count). The molecule has 0 fully saturated rings. The molecule has 1 heterocycles. The van der Waals surface area contributed by atoms with Crippen LogP contribution in [0.3, 0.4) is 0 Å². The summed E-state index contributed by atoms with van der Waals surface area (Å²) in [7, 11) is 0. The van der Waals surface area contributed by atoms with Crippen LogP contribution >= 0.6 is 0 Å². The van der Waals surface area contributed by atoms with Gasteiger partial charge < -0.3 is 5.32 Å². The van der Waals surface area contributed by atoms with Gasteiger partial charge in [-0.1, -0.05) is 36.4 Å². The van der Waals surface area contributed by atoms with Crippen molar-refractivity contribution in [3.8, 4) is 0 Å². The summed E-state index contributed by atoms with van der Waals surface area (Å²) < 4.78 is 0. The van der Waals surface area contributed by atoms with Crippen LogP contribution in [-0.4, -0.2) is 11.7 Å². The van der Waals surface area contributed by atoms with Crippen LogP contribution in [0, 0.1) is 0 Å². The zero-order valence-electron chi connectivity index (χ0n) is 10.1. The van der Waals surface area contributed by atoms with Crippen LogP contribution in [0.4, 0.5) is 0 Å². The minimum atomic E-state index is -0.549. The van der Waals surface area contributed by atoms with Gasteiger partial charge in [-0.25, -0.2) is 4.99 Å². The molecule has 0 spiro atoms. The second-order valence-corrected chi connectivity index (χ2v) is 4.61. The summed E-state index contributed by atoms with van der Waals surface area (Å²) >= 11 is 0. The quantitative estimate of drug-likeness (QED) is 0.829. The minimum Gasteiger partial charge on any atom is -0.313 e. The number of amidine groups is 1. The largest absolute Gasteiger partial charge is 0.313 e. The number of nitrogens with zero attached hydrogens (tertiary/aromatic N) is 1. The number of carbonyl (C=O) groups is 1. The molecule has 0 bridgehead atoms. The van der Waals surface area contributed by atoms with Crippen molar-refractivity contribution in [3.05, 3.63) is 48.2 Å². The number of carbonyl (C=O) groups excluding carboxylic acids is 1. The van der Waals surface area contributed by atoms with Crippen molar-refractivity contribution in [2.75, 3.05) is 0 Å². The van der Waals surface area contributed by atoms with Crippen molar-refractivity contribution in [2.24, 2.45) is 4.99 Å². The van der Waals surface area contributed by atoms with Crippen molar-refractivity contribution in [3.63, 3.8) is 0 Å². The molecule has 0 saturated heterocycles. The van der Waals surface area contributed by atoms with E-state index in [1.54, 1.807) is 6.20 Å². The molecular weight excluding hydrogens is 212 g/mol. The lowest BCUT2D eigenvalue weighted by Gasteiger charge is -2.24. The van der Waals surface area contributed by atoms with Gasteiger partial charge in [0, 0.05) is 12.6 Å². The number of hydrogen-bond acceptors (Lipinski definition) is 2. The molecule has 3 nitrogen and oxygen atoms in total. The van der Waals surface area contributed by atoms with Crippen LogP contribution < -0.4 is 5.32 Å². The molecule has 0 atom stereocenters. The van der Waals surface area contributed by atoms with Crippen molar-refractivity contribution < 1.29 is 4.79 Å². The van der Waals surface area contributed by atoms with Crippen LogP contribution in [0.15, 0.2) is 47.6 Å². The van der Waals surface area contributed by atoms with Gasteiger partial charge in [0.15, 0.2) is 0 Å². The maximum Gasteiger partial charge on any atom is 0.235 e. The Kier molecular flexibility index (Phi) is 3.09. The zero-order chi connectivity index (χ0) is 12.3. The number of amides is 1. The van der Waals surface area contributed by atoms with Crippen LogP contribution in [0.1, 0.15) is 25.8 Å². The summed E-state index contributed by atoms with van der Waals surface area (Å²) in [6.45, 7) is 3.83. The molecule has 0 aromatic heterocycles. The minimum absolute atomic E-state index is 0.0221. The Balaban J connectivity index is 2.12. The summed E-state index contributed by atoms with van der Waals surface area (Å²) in [5.74, 6) is 0.699. The van der Waals surface area contributed by atoms with E-state index in [1.807, 2.05) is 50.3 Å². The first kappa shape index (κ1) is 11.6. The standard InChI is InChI=1S/C14H16N2O/c1-14(2,11-7-4-3-5-8-11)13(17)16-12-9-6-10-15-12/h3-8,10H,9H2,1-2H3,(H,15,16,17). The summed E-state index contributed by atoms with van der Waals surface area (Å²) in [6, 6.07) is 9.77. The molecular formula is C14H16N2O. The first-order valence-electron chi connectivity index (χ1n) is 5.69. The van der Waals surface area contributed by atoms with Crippen LogP contribution in [0.5, 0.6) is 0 Å². The predicted molar refractivity (Wildman–Crippen MR) is 68.8 cm³/mol. The second-order valence-electron chi connectivity index (χ2n) is 4.61. The van der Waals surface area contributed by atoms with Gasteiger partial charge in [-0.3, -0.25) is 4.79 Å². The highest BCUT2D eigenvalue weighted by Gasteiger charge is 2.30. The molecule has 0 radical (unpaired) electrons. The first-order valence-corrected chi connectivity index (χ1v) is 5.69. The SMILES string of the molecule is CC(C)(C(=O)NC1=NC=CC1)c1ccccc1. The molecule has 1 amide bonds. The molecule has 1 aromatic rings. The normalized spacial score (nSPS) is 14.6. The highest BCUT2D eigenvalue weighted by molar-refractivity contribution is 6.03. The predicted octanol–water partition coefficient (Wildman–Crippen LogP) is 2.40. The lowest BCUT2D eigenvalue weighted by molar-refractivity contribution is -0.124. The van der Waals surface area contributed by atoms with Crippen LogP contribution in [0.25, 0.3) is 0 Å². The average molecular weight is 228 g/mol. The Hall–Kier alpha value is -1.90. The molecule has 1 aliphatic heterocycles. The van der Waals surface area contributed by atoms with Gasteiger partial charge in [-0.15, -0.1) is 0 Å². The summed E-state index contributed by atoms with van der Waals surface area (Å²) in [4.78, 5) is 16.3. The van der Waals surface area contributed by atoms with Gasteiger partial charge in [-0.05, 0) is 19.4 Å². The van der Waals surface area contributed by atoms with Crippen LogP contribution in [-0.2, 0) is 10.2 Å². The lowest BCUT2D eigenvalue weighted by Crippen LogP contribution is -2.42. The van der Waals surface area contributed by atoms with E-state index in [1.165, 1.54) is 0 Å². The molecule has 0 unspecified atom stereocenters. The molecule has 88 valence electrons. The Bertz CT molecular complexity index is 472. The van der Waals surface area contributed by atoms with Gasteiger partial charge in [0.25, 0.3) is 0 Å². The van der Waals surface area contributed by atoms with Gasteiger partial charge in [0.1, 0.15) is 5.84 Å². The first-order chi connectivity index (χ1) is 8.10. The summed E-state index contributed by atoms with van der Waals surface area (Å²) in [5, 5.41) is 2.87. The number of benzene rings is 1. The fraction of sp³-hybridized carbons (Fsp3) is 0.286. The average Bonchev–Trinajstić information content (AvgIpc) is 2.83. The fourth-order valence-corrected chi connectivity index (χ4v) is 1.72. The third-order valence-corrected chi connectivity index (χ3v) is 2.97. The highest BCUT2D eigenvalue weighted by atomic mass is 16.2. The third-order valence-electron chi connectivity index (χ3n) is 2.97. The number of rotatable bonds is 2. The van der Waals surface area contributed by atoms with Crippen molar-refractivity contribution in [1.82, 2.24) is 5.32 Å². The molecule has 0 aliphatic carbocycles. The van der Waals surface area contributed by atoms with Crippen molar-refractivity contribution in [2.45, 2.75) is 25.7 Å². The van der Waals surface area contributed by atoms with E-state index in [2.05, 4.69) is 10.3 Å². The van der Waals surface area contributed by atoms with Crippen LogP contribution in [0.2, 0.25) is 0 Å². The van der Waals surface area contributed by atoms with Crippen molar-refractivity contribution >= 4 is 11.7 Å². The fourth-order valence-electron chi connectivity index (χ4n) is 1.72. The zero-order valence-corrected chi connectivity index (χ0v) is 10.1. The smallest absolute Gasteiger partial charge is 0.235 e. The topological polar surface area (TPSA) is 41.5 Å². The maximum atomic E-state index is 12.2. The summed E-state index contributed by atoms with van der Waals surface area (Å²) in [6.07, 6.45) is 4.34. The van der Waals surface area contributed by atoms with Gasteiger partial charge >= 0.3 is 0 Å². The van der Waals surface area contributed by atoms with Gasteiger partial charge in [0.2, 0.25) is 5.91 Å². The van der Waals surface area contributed by atoms with E-state index in [0.29, 0.717) is 6.42 Å². The van der Waals surface area contributed by atoms with Gasteiger partial charge in [-0.2, -0.15) is 0 Å². The van der Waals surface area contributed by atoms with Gasteiger partial charge in [0.05, 0.1) is 5.41 Å². The number of hydrogen-bond donors (Lipinski definition) is 1. The number of aliphatic imine (C=N–C) groups is 1. The van der Waals surface area contributed by atoms with Crippen molar-refractivity contribution in [1.29, 1.82) is 0 Å². The van der Waals surface area contributed by atoms with E-state index < -0.39 is 5.41 Å². The summed E-state index contributed by atoms with van der Waals surface area (Å²) in [5.41, 5.74) is 0.455. The van der Waals surface area contributed by atoms with E-state index in [4.69, 9.17) is 0 Å². The Morgan fingerprint density at radius 3 is 2.59 bits per heavy atom. The Labute approximate surface area is 101 Å². The lowest BCUT2D eigenvalue weighted by atomic mass is 9.84. The monoisotopic (exact) mass is 228 g/mol. The molecule has 17 heavy (non-hydrogen) atoms. The molecule has 1 aliphatic rings. The van der Waals surface area contributed by atoms with E-state index in [0.717, 1.165) is 11.4 Å². The van der Waals surface area contributed by atoms with E-state index in [9.17, 15) is 4.79 Å². The highest BCUT2D eigenvalue weighted by Crippen LogP contribution is 2.23. The van der Waals surface area contributed by atoms with E-state index >= 15 is 0 Å². The number of nitrogens with one attached hydrogen (secondary N) is 1. The Morgan fingerprint density at radius 1 is 1.29 bits per heavy atom. The van der Waals surface area contributed by atoms with E-state index in [-0.39, 0.29) is 5.91 Å². The third kappa shape index (κ3) is 2.44. The molecule has 1 aromatic carbocycles. The molecule has 1 N–H and O–H groups in total. The maximum absolute atomic E-state index is 12.2. The second kappa shape index (κ2) is 4.53. The molecule has 3 heteroatoms.